The van der Waals surface area contributed by atoms with E-state index in [-0.39, 0.29) is 33.4 Å². The van der Waals surface area contributed by atoms with Crippen molar-refractivity contribution in [3.8, 4) is 0 Å². The predicted octanol–water partition coefficient (Wildman–Crippen LogP) is -1.16. The molecule has 2 atom stereocenters. The number of nitrogen functional groups attached to an aromatic ring is 1. The van der Waals surface area contributed by atoms with Gasteiger partial charge in [-0.2, -0.15) is 9.36 Å². The molecule has 1 aromatic rings. The molecule has 2 amide bonds. The van der Waals surface area contributed by atoms with Gasteiger partial charge in [0.15, 0.2) is 5.13 Å². The van der Waals surface area contributed by atoms with Crippen molar-refractivity contribution in [2.75, 3.05) is 18.6 Å². The zero-order valence-electron chi connectivity index (χ0n) is 12.7. The summed E-state index contributed by atoms with van der Waals surface area (Å²) in [7, 11) is 1.26. The van der Waals surface area contributed by atoms with Gasteiger partial charge in [-0.25, -0.2) is 4.79 Å². The molecular formula is C12H12N6O5S2. The molecule has 1 saturated heterocycles. The van der Waals surface area contributed by atoms with Gasteiger partial charge < -0.3 is 25.9 Å². The molecule has 0 aliphatic carbocycles. The van der Waals surface area contributed by atoms with Crippen LogP contribution in [-0.2, 0) is 19.2 Å². The van der Waals surface area contributed by atoms with E-state index in [1.54, 1.807) is 0 Å². The number of aliphatic carboxylic acids is 1. The predicted molar refractivity (Wildman–Crippen MR) is 88.6 cm³/mol. The van der Waals surface area contributed by atoms with Crippen molar-refractivity contribution in [1.82, 2.24) is 19.6 Å². The van der Waals surface area contributed by atoms with E-state index in [0.29, 0.717) is 0 Å². The number of anilines is 1. The number of oxime groups is 1. The lowest BCUT2D eigenvalue weighted by molar-refractivity contribution is -0.144. The lowest BCUT2D eigenvalue weighted by Crippen LogP contribution is -2.69. The highest BCUT2D eigenvalue weighted by molar-refractivity contribution is 8.00. The van der Waals surface area contributed by atoms with Gasteiger partial charge in [0.05, 0.1) is 5.57 Å². The van der Waals surface area contributed by atoms with Crippen LogP contribution in [0.15, 0.2) is 16.9 Å². The molecule has 0 saturated carbocycles. The number of β-lactam (4-membered cyclic amide) rings is 1. The van der Waals surface area contributed by atoms with Crippen LogP contribution in [0, 0.1) is 0 Å². The largest absolute Gasteiger partial charge is 0.478 e. The number of carboxylic acid groups (broad SMARTS) is 1. The molecule has 3 rings (SSSR count). The van der Waals surface area contributed by atoms with Crippen LogP contribution in [0.2, 0.25) is 0 Å². The number of aromatic nitrogens is 2. The standard InChI is InChI=1S/C12H12N6O5S2/c1-23-16-5(7-15-12(13)25-17-7)8(19)14-6-9(20)18-2-4(11(21)22)3-24-10(6)18/h2,6,10H,3H2,1H3,(H,14,19)(H,21,22)(H2,13,15,17)/t6?,10-/m1/s1. The Labute approximate surface area is 149 Å². The van der Waals surface area contributed by atoms with Gasteiger partial charge >= 0.3 is 5.97 Å². The van der Waals surface area contributed by atoms with E-state index in [9.17, 15) is 14.4 Å². The molecule has 0 bridgehead atoms. The highest BCUT2D eigenvalue weighted by Gasteiger charge is 2.50. The second kappa shape index (κ2) is 6.68. The number of hydrogen-bond acceptors (Lipinski definition) is 10. The third-order valence-corrected chi connectivity index (χ3v) is 5.26. The van der Waals surface area contributed by atoms with Crippen LogP contribution in [0.3, 0.4) is 0 Å². The van der Waals surface area contributed by atoms with E-state index in [1.807, 2.05) is 0 Å². The Morgan fingerprint density at radius 3 is 2.92 bits per heavy atom. The zero-order chi connectivity index (χ0) is 18.1. The molecule has 3 heterocycles. The number of nitrogens with one attached hydrogen (secondary N) is 1. The Balaban J connectivity index is 1.73. The summed E-state index contributed by atoms with van der Waals surface area (Å²) in [5, 5.41) is 14.9. The van der Waals surface area contributed by atoms with Gasteiger partial charge in [-0.05, 0) is 0 Å². The van der Waals surface area contributed by atoms with Crippen LogP contribution in [0.5, 0.6) is 0 Å². The Morgan fingerprint density at radius 2 is 2.32 bits per heavy atom. The van der Waals surface area contributed by atoms with Gasteiger partial charge in [0.2, 0.25) is 11.5 Å². The molecule has 1 aromatic heterocycles. The number of carboxylic acids is 1. The Kier molecular flexibility index (Phi) is 4.59. The minimum Gasteiger partial charge on any atom is -0.478 e. The first-order valence-corrected chi connectivity index (χ1v) is 8.64. The average Bonchev–Trinajstić information content (AvgIpc) is 3.02. The van der Waals surface area contributed by atoms with Crippen LogP contribution in [0.1, 0.15) is 5.82 Å². The summed E-state index contributed by atoms with van der Waals surface area (Å²) in [6.07, 6.45) is 1.29. The summed E-state index contributed by atoms with van der Waals surface area (Å²) in [4.78, 5) is 45.3. The van der Waals surface area contributed by atoms with Crippen LogP contribution >= 0.6 is 23.3 Å². The quantitative estimate of drug-likeness (QED) is 0.323. The van der Waals surface area contributed by atoms with Crippen molar-refractivity contribution >= 4 is 51.9 Å². The number of carbonyl (C=O) groups is 3. The van der Waals surface area contributed by atoms with Crippen LogP contribution in [-0.4, -0.2) is 67.1 Å². The summed E-state index contributed by atoms with van der Waals surface area (Å²) in [6.45, 7) is 0. The van der Waals surface area contributed by atoms with Gasteiger partial charge in [-0.15, -0.1) is 11.8 Å². The fraction of sp³-hybridized carbons (Fsp3) is 0.333. The first kappa shape index (κ1) is 17.2. The van der Waals surface area contributed by atoms with Crippen molar-refractivity contribution in [1.29, 1.82) is 0 Å². The highest BCUT2D eigenvalue weighted by Crippen LogP contribution is 2.36. The lowest BCUT2D eigenvalue weighted by Gasteiger charge is -2.46. The maximum Gasteiger partial charge on any atom is 0.333 e. The maximum atomic E-state index is 12.4. The number of carbonyl (C=O) groups excluding carboxylic acids is 2. The number of amides is 2. The van der Waals surface area contributed by atoms with Gasteiger partial charge in [0.1, 0.15) is 18.5 Å². The second-order valence-electron chi connectivity index (χ2n) is 4.94. The second-order valence-corrected chi connectivity index (χ2v) is 6.82. The molecule has 11 nitrogen and oxygen atoms in total. The molecule has 132 valence electrons. The monoisotopic (exact) mass is 384 g/mol. The van der Waals surface area contributed by atoms with Crippen molar-refractivity contribution in [2.45, 2.75) is 11.4 Å². The molecule has 1 fully saturated rings. The molecule has 0 aromatic carbocycles. The highest BCUT2D eigenvalue weighted by atomic mass is 32.2. The molecule has 2 aliphatic heterocycles. The number of rotatable bonds is 5. The van der Waals surface area contributed by atoms with Gasteiger partial charge in [-0.3, -0.25) is 9.59 Å². The summed E-state index contributed by atoms with van der Waals surface area (Å²) in [5.74, 6) is -1.94. The smallest absolute Gasteiger partial charge is 0.333 e. The first-order valence-electron chi connectivity index (χ1n) is 6.81. The fourth-order valence-electron chi connectivity index (χ4n) is 2.25. The maximum absolute atomic E-state index is 12.4. The molecule has 13 heteroatoms. The minimum absolute atomic E-state index is 0.00478. The molecule has 0 spiro atoms. The van der Waals surface area contributed by atoms with E-state index in [4.69, 9.17) is 10.8 Å². The Hall–Kier alpha value is -2.67. The number of nitrogens with zero attached hydrogens (tertiary/aromatic N) is 4. The lowest BCUT2D eigenvalue weighted by atomic mass is 10.1. The molecular weight excluding hydrogens is 372 g/mol. The summed E-state index contributed by atoms with van der Waals surface area (Å²) in [5.41, 5.74) is 5.42. The third-order valence-electron chi connectivity index (χ3n) is 3.40. The normalized spacial score (nSPS) is 22.6. The topological polar surface area (TPSA) is 160 Å². The van der Waals surface area contributed by atoms with Crippen LogP contribution in [0.4, 0.5) is 5.13 Å². The number of fused-ring (bicyclic) bond motifs is 1. The molecule has 2 aliphatic rings. The van der Waals surface area contributed by atoms with Crippen molar-refractivity contribution < 1.29 is 24.3 Å². The number of nitrogens with two attached hydrogens (primary N) is 1. The third kappa shape index (κ3) is 3.15. The van der Waals surface area contributed by atoms with Gasteiger partial charge in [0, 0.05) is 23.5 Å². The van der Waals surface area contributed by atoms with Crippen molar-refractivity contribution in [2.24, 2.45) is 5.16 Å². The van der Waals surface area contributed by atoms with E-state index >= 15 is 0 Å². The van der Waals surface area contributed by atoms with E-state index in [2.05, 4.69) is 24.7 Å². The van der Waals surface area contributed by atoms with Gasteiger partial charge in [0.25, 0.3) is 11.8 Å². The van der Waals surface area contributed by atoms with Crippen LogP contribution < -0.4 is 11.1 Å². The Morgan fingerprint density at radius 1 is 1.56 bits per heavy atom. The minimum atomic E-state index is -1.08. The number of thioether (sulfide) groups is 1. The SMILES string of the molecule is CON=C(C(=O)NC1C(=O)N2C=C(C(=O)O)CS[C@H]12)c1nsc(N)n1. The fourth-order valence-corrected chi connectivity index (χ4v) is 3.93. The summed E-state index contributed by atoms with van der Waals surface area (Å²) < 4.78 is 3.90. The molecule has 4 N–H and O–H groups in total. The van der Waals surface area contributed by atoms with E-state index < -0.39 is 23.8 Å². The van der Waals surface area contributed by atoms with E-state index in [0.717, 1.165) is 11.5 Å². The first-order chi connectivity index (χ1) is 11.9. The van der Waals surface area contributed by atoms with E-state index in [1.165, 1.54) is 30.0 Å². The van der Waals surface area contributed by atoms with Crippen molar-refractivity contribution in [3.63, 3.8) is 0 Å². The van der Waals surface area contributed by atoms with Crippen LogP contribution in [0.25, 0.3) is 0 Å². The summed E-state index contributed by atoms with van der Waals surface area (Å²) >= 11 is 2.14. The van der Waals surface area contributed by atoms with Gasteiger partial charge in [-0.1, -0.05) is 5.16 Å². The molecule has 1 unspecified atom stereocenters. The summed E-state index contributed by atoms with van der Waals surface area (Å²) in [6, 6.07) is -0.804. The Bertz CT molecular complexity index is 806. The zero-order valence-corrected chi connectivity index (χ0v) is 14.3. The average molecular weight is 384 g/mol. The molecule has 25 heavy (non-hydrogen) atoms. The van der Waals surface area contributed by atoms with Crippen molar-refractivity contribution in [3.05, 3.63) is 17.6 Å². The molecule has 0 radical (unpaired) electrons. The number of hydrogen-bond donors (Lipinski definition) is 3.